The number of carbonyl (C=O) groups excluding carboxylic acids is 1. The number of benzene rings is 3. The van der Waals surface area contributed by atoms with Crippen LogP contribution in [0.2, 0.25) is 5.02 Å². The molecule has 3 aromatic rings. The van der Waals surface area contributed by atoms with Crippen LogP contribution in [0.1, 0.15) is 18.4 Å². The third-order valence-electron chi connectivity index (χ3n) is 4.92. The van der Waals surface area contributed by atoms with Crippen molar-refractivity contribution in [2.45, 2.75) is 17.7 Å². The molecule has 0 saturated heterocycles. The number of nitrogens with one attached hydrogen (secondary N) is 1. The normalized spacial score (nSPS) is 12.7. The van der Waals surface area contributed by atoms with E-state index >= 15 is 0 Å². The second-order valence-electron chi connectivity index (χ2n) is 7.12. The van der Waals surface area contributed by atoms with Crippen molar-refractivity contribution >= 4 is 44.0 Å². The topological polar surface area (TPSA) is 75.7 Å². The van der Waals surface area contributed by atoms with Gasteiger partial charge in [0, 0.05) is 19.8 Å². The molecular formula is C22H23ClN2O4S. The van der Waals surface area contributed by atoms with E-state index in [0.29, 0.717) is 5.69 Å². The summed E-state index contributed by atoms with van der Waals surface area (Å²) in [4.78, 5) is 12.7. The number of amides is 1. The van der Waals surface area contributed by atoms with Gasteiger partial charge in [-0.15, -0.1) is 0 Å². The number of hydrogen-bond donors (Lipinski definition) is 1. The summed E-state index contributed by atoms with van der Waals surface area (Å²) in [5.74, 6) is 0.0757. The van der Waals surface area contributed by atoms with Crippen molar-refractivity contribution in [1.29, 1.82) is 0 Å². The Morgan fingerprint density at radius 2 is 1.70 bits per heavy atom. The summed E-state index contributed by atoms with van der Waals surface area (Å²) >= 11 is 6.07. The van der Waals surface area contributed by atoms with E-state index in [2.05, 4.69) is 5.32 Å². The average Bonchev–Trinajstić information content (AvgIpc) is 2.73. The van der Waals surface area contributed by atoms with Gasteiger partial charge in [0.2, 0.25) is 15.9 Å². The Labute approximate surface area is 181 Å². The van der Waals surface area contributed by atoms with E-state index in [9.17, 15) is 13.2 Å². The molecule has 0 saturated carbocycles. The molecule has 3 aromatic carbocycles. The highest BCUT2D eigenvalue weighted by molar-refractivity contribution is 7.89. The molecule has 0 heterocycles. The van der Waals surface area contributed by atoms with Crippen molar-refractivity contribution in [3.8, 4) is 5.75 Å². The van der Waals surface area contributed by atoms with Gasteiger partial charge in [-0.05, 0) is 53.6 Å². The Morgan fingerprint density at radius 3 is 2.37 bits per heavy atom. The number of rotatable bonds is 6. The van der Waals surface area contributed by atoms with Gasteiger partial charge in [0.05, 0.1) is 18.1 Å². The molecule has 0 radical (unpaired) electrons. The predicted molar refractivity (Wildman–Crippen MR) is 120 cm³/mol. The first kappa shape index (κ1) is 22.1. The van der Waals surface area contributed by atoms with Crippen LogP contribution in [0.5, 0.6) is 5.75 Å². The number of hydrogen-bond acceptors (Lipinski definition) is 4. The molecule has 0 aliphatic rings. The van der Waals surface area contributed by atoms with Crippen molar-refractivity contribution in [2.75, 3.05) is 26.5 Å². The molecular weight excluding hydrogens is 424 g/mol. The van der Waals surface area contributed by atoms with Crippen LogP contribution in [0.25, 0.3) is 10.8 Å². The Bertz CT molecular complexity index is 1210. The maximum absolute atomic E-state index is 12.8. The summed E-state index contributed by atoms with van der Waals surface area (Å²) in [7, 11) is 0.740. The second kappa shape index (κ2) is 8.63. The van der Waals surface area contributed by atoms with Crippen LogP contribution in [-0.2, 0) is 14.8 Å². The molecule has 3 rings (SSSR count). The lowest BCUT2D eigenvalue weighted by Gasteiger charge is -2.16. The molecule has 0 aliphatic carbocycles. The second-order valence-corrected chi connectivity index (χ2v) is 9.64. The van der Waals surface area contributed by atoms with Crippen LogP contribution < -0.4 is 10.1 Å². The summed E-state index contributed by atoms with van der Waals surface area (Å²) in [5, 5.41) is 4.90. The van der Waals surface area contributed by atoms with Crippen LogP contribution in [0.3, 0.4) is 0 Å². The summed E-state index contributed by atoms with van der Waals surface area (Å²) in [5.41, 5.74) is 1.21. The summed E-state index contributed by atoms with van der Waals surface area (Å²) in [6.45, 7) is 1.80. The molecule has 6 nitrogen and oxygen atoms in total. The zero-order chi connectivity index (χ0) is 22.1. The highest BCUT2D eigenvalue weighted by atomic mass is 35.5. The fraction of sp³-hybridized carbons (Fsp3) is 0.227. The lowest BCUT2D eigenvalue weighted by molar-refractivity contribution is -0.117. The molecule has 0 aromatic heterocycles. The lowest BCUT2D eigenvalue weighted by Crippen LogP contribution is -2.23. The van der Waals surface area contributed by atoms with Gasteiger partial charge in [-0.1, -0.05) is 35.9 Å². The first-order valence-electron chi connectivity index (χ1n) is 9.24. The molecule has 0 spiro atoms. The molecule has 30 heavy (non-hydrogen) atoms. The van der Waals surface area contributed by atoms with Crippen molar-refractivity contribution in [3.63, 3.8) is 0 Å². The van der Waals surface area contributed by atoms with Crippen LogP contribution in [0.4, 0.5) is 5.69 Å². The first-order valence-corrected chi connectivity index (χ1v) is 11.1. The zero-order valence-corrected chi connectivity index (χ0v) is 18.7. The molecule has 1 amide bonds. The minimum absolute atomic E-state index is 0.0562. The molecule has 1 unspecified atom stereocenters. The van der Waals surface area contributed by atoms with E-state index in [4.69, 9.17) is 16.3 Å². The standard InChI is InChI=1S/C22H23ClN2O4S/c1-14(15-5-6-17-12-19(29-4)9-7-16(17)11-15)22(26)24-18-8-10-20(23)21(13-18)30(27,28)25(2)3/h5-14H,1-4H3,(H,24,26). The summed E-state index contributed by atoms with van der Waals surface area (Å²) in [6, 6.07) is 16.0. The van der Waals surface area contributed by atoms with Crippen molar-refractivity contribution in [2.24, 2.45) is 0 Å². The van der Waals surface area contributed by atoms with Gasteiger partial charge in [-0.2, -0.15) is 0 Å². The number of methoxy groups -OCH3 is 1. The van der Waals surface area contributed by atoms with Gasteiger partial charge >= 0.3 is 0 Å². The number of nitrogens with zero attached hydrogens (tertiary/aromatic N) is 1. The number of halogens is 1. The molecule has 0 aliphatic heterocycles. The summed E-state index contributed by atoms with van der Waals surface area (Å²) < 4.78 is 31.2. The number of carbonyl (C=O) groups is 1. The fourth-order valence-electron chi connectivity index (χ4n) is 3.02. The summed E-state index contributed by atoms with van der Waals surface area (Å²) in [6.07, 6.45) is 0. The minimum Gasteiger partial charge on any atom is -0.497 e. The van der Waals surface area contributed by atoms with Gasteiger partial charge < -0.3 is 10.1 Å². The third kappa shape index (κ3) is 4.43. The quantitative estimate of drug-likeness (QED) is 0.605. The Kier molecular flexibility index (Phi) is 6.36. The molecule has 158 valence electrons. The van der Waals surface area contributed by atoms with E-state index in [-0.39, 0.29) is 15.8 Å². The van der Waals surface area contributed by atoms with E-state index in [1.54, 1.807) is 20.1 Å². The van der Waals surface area contributed by atoms with Gasteiger partial charge in [-0.3, -0.25) is 4.79 Å². The Hall–Kier alpha value is -2.61. The van der Waals surface area contributed by atoms with Crippen LogP contribution in [-0.4, -0.2) is 39.8 Å². The zero-order valence-electron chi connectivity index (χ0n) is 17.1. The van der Waals surface area contributed by atoms with Crippen LogP contribution >= 0.6 is 11.6 Å². The van der Waals surface area contributed by atoms with Gasteiger partial charge in [0.15, 0.2) is 0 Å². The molecule has 1 N–H and O–H groups in total. The van der Waals surface area contributed by atoms with Gasteiger partial charge in [0.25, 0.3) is 0 Å². The van der Waals surface area contributed by atoms with E-state index in [0.717, 1.165) is 26.4 Å². The largest absolute Gasteiger partial charge is 0.497 e. The SMILES string of the molecule is COc1ccc2cc(C(C)C(=O)Nc3ccc(Cl)c(S(=O)(=O)N(C)C)c3)ccc2c1. The molecule has 1 atom stereocenters. The van der Waals surface area contributed by atoms with E-state index in [1.165, 1.54) is 26.2 Å². The smallest absolute Gasteiger partial charge is 0.244 e. The highest BCUT2D eigenvalue weighted by Gasteiger charge is 2.22. The van der Waals surface area contributed by atoms with Gasteiger partial charge in [-0.25, -0.2) is 12.7 Å². The molecule has 0 fully saturated rings. The third-order valence-corrected chi connectivity index (χ3v) is 7.22. The van der Waals surface area contributed by atoms with Crippen LogP contribution in [0.15, 0.2) is 59.5 Å². The highest BCUT2D eigenvalue weighted by Crippen LogP contribution is 2.29. The number of fused-ring (bicyclic) bond motifs is 1. The van der Waals surface area contributed by atoms with Gasteiger partial charge in [0.1, 0.15) is 10.6 Å². The lowest BCUT2D eigenvalue weighted by atomic mass is 9.97. The fourth-order valence-corrected chi connectivity index (χ4v) is 4.41. The maximum atomic E-state index is 12.8. The minimum atomic E-state index is -3.73. The van der Waals surface area contributed by atoms with Crippen LogP contribution in [0, 0.1) is 0 Å². The number of sulfonamides is 1. The van der Waals surface area contributed by atoms with E-state index in [1.807, 2.05) is 36.4 Å². The predicted octanol–water partition coefficient (Wildman–Crippen LogP) is 4.49. The average molecular weight is 447 g/mol. The monoisotopic (exact) mass is 446 g/mol. The Balaban J connectivity index is 1.85. The maximum Gasteiger partial charge on any atom is 0.244 e. The van der Waals surface area contributed by atoms with Crippen molar-refractivity contribution in [1.82, 2.24) is 4.31 Å². The molecule has 8 heteroatoms. The number of anilines is 1. The number of ether oxygens (including phenoxy) is 1. The molecule has 0 bridgehead atoms. The van der Waals surface area contributed by atoms with E-state index < -0.39 is 15.9 Å². The van der Waals surface area contributed by atoms with Crippen molar-refractivity contribution in [3.05, 3.63) is 65.2 Å². The first-order chi connectivity index (χ1) is 14.1. The Morgan fingerprint density at radius 1 is 1.03 bits per heavy atom. The van der Waals surface area contributed by atoms with Crippen molar-refractivity contribution < 1.29 is 17.9 Å².